The monoisotopic (exact) mass is 239 g/mol. The molecule has 2 saturated heterocycles. The highest BCUT2D eigenvalue weighted by molar-refractivity contribution is 5.78. The van der Waals surface area contributed by atoms with Gasteiger partial charge in [0.05, 0.1) is 0 Å². The van der Waals surface area contributed by atoms with E-state index in [2.05, 4.69) is 35.9 Å². The molecule has 2 fully saturated rings. The Hall–Kier alpha value is -0.610. The van der Waals surface area contributed by atoms with E-state index in [0.29, 0.717) is 23.9 Å². The van der Waals surface area contributed by atoms with Gasteiger partial charge < -0.3 is 10.2 Å². The van der Waals surface area contributed by atoms with Crippen LogP contribution < -0.4 is 5.32 Å². The maximum Gasteiger partial charge on any atom is 0.222 e. The number of likely N-dealkylation sites (tertiary alicyclic amines) is 1. The van der Waals surface area contributed by atoms with Crippen LogP contribution in [0.25, 0.3) is 0 Å². The highest BCUT2D eigenvalue weighted by Crippen LogP contribution is 2.18. The summed E-state index contributed by atoms with van der Waals surface area (Å²) in [4.78, 5) is 16.4. The van der Waals surface area contributed by atoms with Crippen LogP contribution in [0.3, 0.4) is 0 Å². The molecular formula is C13H25N3O. The Labute approximate surface area is 104 Å². The molecule has 0 aromatic heterocycles. The van der Waals surface area contributed by atoms with E-state index in [0.717, 1.165) is 39.1 Å². The van der Waals surface area contributed by atoms with Gasteiger partial charge in [0, 0.05) is 44.7 Å². The van der Waals surface area contributed by atoms with Crippen molar-refractivity contribution in [3.05, 3.63) is 0 Å². The van der Waals surface area contributed by atoms with Crippen molar-refractivity contribution in [1.82, 2.24) is 15.1 Å². The van der Waals surface area contributed by atoms with E-state index in [4.69, 9.17) is 0 Å². The second kappa shape index (κ2) is 5.36. The lowest BCUT2D eigenvalue weighted by molar-refractivity contribution is -0.128. The normalized spacial score (nSPS) is 35.6. The van der Waals surface area contributed by atoms with E-state index in [1.54, 1.807) is 0 Å². The Balaban J connectivity index is 1.91. The van der Waals surface area contributed by atoms with E-state index in [1.807, 2.05) is 0 Å². The molecule has 2 aliphatic rings. The van der Waals surface area contributed by atoms with Gasteiger partial charge in [-0.05, 0) is 19.4 Å². The third kappa shape index (κ3) is 2.99. The SMILES string of the molecule is CCN1CC(C)NC[C@@H]1CN1CC(C)CC1=O. The van der Waals surface area contributed by atoms with Crippen LogP contribution in [-0.4, -0.2) is 60.5 Å². The molecule has 2 aliphatic heterocycles. The third-order valence-electron chi connectivity index (χ3n) is 3.97. The van der Waals surface area contributed by atoms with Gasteiger partial charge in [0.2, 0.25) is 5.91 Å². The van der Waals surface area contributed by atoms with Crippen molar-refractivity contribution in [1.29, 1.82) is 0 Å². The number of nitrogens with zero attached hydrogens (tertiary/aromatic N) is 2. The van der Waals surface area contributed by atoms with E-state index >= 15 is 0 Å². The van der Waals surface area contributed by atoms with Crippen LogP contribution in [0.15, 0.2) is 0 Å². The average Bonchev–Trinajstić information content (AvgIpc) is 2.60. The topological polar surface area (TPSA) is 35.6 Å². The number of amides is 1. The van der Waals surface area contributed by atoms with E-state index in [1.165, 1.54) is 0 Å². The fraction of sp³-hybridized carbons (Fsp3) is 0.923. The summed E-state index contributed by atoms with van der Waals surface area (Å²) in [5.41, 5.74) is 0. The Morgan fingerprint density at radius 2 is 2.12 bits per heavy atom. The molecule has 0 radical (unpaired) electrons. The van der Waals surface area contributed by atoms with E-state index in [9.17, 15) is 4.79 Å². The molecule has 2 heterocycles. The Kier molecular flexibility index (Phi) is 4.05. The maximum absolute atomic E-state index is 11.8. The zero-order chi connectivity index (χ0) is 12.4. The smallest absolute Gasteiger partial charge is 0.222 e. The molecule has 2 unspecified atom stereocenters. The Morgan fingerprint density at radius 3 is 2.71 bits per heavy atom. The predicted molar refractivity (Wildman–Crippen MR) is 68.9 cm³/mol. The first kappa shape index (κ1) is 12.8. The molecule has 1 amide bonds. The van der Waals surface area contributed by atoms with Gasteiger partial charge in [0.15, 0.2) is 0 Å². The summed E-state index contributed by atoms with van der Waals surface area (Å²) in [6.07, 6.45) is 0.739. The minimum atomic E-state index is 0.340. The number of hydrogen-bond acceptors (Lipinski definition) is 3. The quantitative estimate of drug-likeness (QED) is 0.781. The summed E-state index contributed by atoms with van der Waals surface area (Å²) in [7, 11) is 0. The molecule has 3 atom stereocenters. The summed E-state index contributed by atoms with van der Waals surface area (Å²) in [5.74, 6) is 0.875. The molecule has 98 valence electrons. The summed E-state index contributed by atoms with van der Waals surface area (Å²) in [5, 5.41) is 3.52. The first-order chi connectivity index (χ1) is 8.10. The minimum Gasteiger partial charge on any atom is -0.341 e. The third-order valence-corrected chi connectivity index (χ3v) is 3.97. The van der Waals surface area contributed by atoms with Crippen LogP contribution in [0, 0.1) is 5.92 Å². The molecule has 2 rings (SSSR count). The van der Waals surface area contributed by atoms with Crippen molar-refractivity contribution in [3.63, 3.8) is 0 Å². The zero-order valence-electron chi connectivity index (χ0n) is 11.3. The number of piperazine rings is 1. The maximum atomic E-state index is 11.8. The highest BCUT2D eigenvalue weighted by Gasteiger charge is 2.32. The van der Waals surface area contributed by atoms with Crippen molar-refractivity contribution in [3.8, 4) is 0 Å². The van der Waals surface area contributed by atoms with Gasteiger partial charge in [-0.25, -0.2) is 0 Å². The highest BCUT2D eigenvalue weighted by atomic mass is 16.2. The van der Waals surface area contributed by atoms with Crippen LogP contribution in [-0.2, 0) is 4.79 Å². The first-order valence-corrected chi connectivity index (χ1v) is 6.85. The van der Waals surface area contributed by atoms with Gasteiger partial charge in [0.25, 0.3) is 0 Å². The van der Waals surface area contributed by atoms with Gasteiger partial charge in [-0.3, -0.25) is 9.69 Å². The Morgan fingerprint density at radius 1 is 1.35 bits per heavy atom. The van der Waals surface area contributed by atoms with Crippen molar-refractivity contribution < 1.29 is 4.79 Å². The average molecular weight is 239 g/mol. The molecule has 17 heavy (non-hydrogen) atoms. The first-order valence-electron chi connectivity index (χ1n) is 6.85. The number of likely N-dealkylation sites (N-methyl/N-ethyl adjacent to an activating group) is 1. The summed E-state index contributed by atoms with van der Waals surface area (Å²) >= 11 is 0. The Bertz CT molecular complexity index is 282. The molecular weight excluding hydrogens is 214 g/mol. The van der Waals surface area contributed by atoms with E-state index in [-0.39, 0.29) is 0 Å². The fourth-order valence-corrected chi connectivity index (χ4v) is 3.00. The molecule has 0 bridgehead atoms. The predicted octanol–water partition coefficient (Wildman–Crippen LogP) is 0.537. The van der Waals surface area contributed by atoms with Crippen molar-refractivity contribution in [2.45, 2.75) is 39.3 Å². The second-order valence-corrected chi connectivity index (χ2v) is 5.66. The van der Waals surface area contributed by atoms with Crippen LogP contribution in [0.1, 0.15) is 27.2 Å². The van der Waals surface area contributed by atoms with Gasteiger partial charge in [0.1, 0.15) is 0 Å². The summed E-state index contributed by atoms with van der Waals surface area (Å²) in [6, 6.07) is 1.06. The number of carbonyl (C=O) groups is 1. The molecule has 4 nitrogen and oxygen atoms in total. The molecule has 0 spiro atoms. The lowest BCUT2D eigenvalue weighted by atomic mass is 10.1. The molecule has 0 saturated carbocycles. The standard InChI is InChI=1S/C13H25N3O/c1-4-15-8-11(3)14-6-12(15)9-16-7-10(2)5-13(16)17/h10-12,14H,4-9H2,1-3H3/t10?,11?,12-/m1/s1. The second-order valence-electron chi connectivity index (χ2n) is 5.66. The number of carbonyl (C=O) groups excluding carboxylic acids is 1. The molecule has 4 heteroatoms. The fourth-order valence-electron chi connectivity index (χ4n) is 3.00. The van der Waals surface area contributed by atoms with Crippen molar-refractivity contribution in [2.75, 3.05) is 32.7 Å². The lowest BCUT2D eigenvalue weighted by Gasteiger charge is -2.40. The van der Waals surface area contributed by atoms with Gasteiger partial charge in [-0.1, -0.05) is 13.8 Å². The van der Waals surface area contributed by atoms with Gasteiger partial charge in [-0.2, -0.15) is 0 Å². The molecule has 1 N–H and O–H groups in total. The number of nitrogens with one attached hydrogen (secondary N) is 1. The molecule has 0 aromatic carbocycles. The number of hydrogen-bond donors (Lipinski definition) is 1. The van der Waals surface area contributed by atoms with Crippen LogP contribution in [0.2, 0.25) is 0 Å². The van der Waals surface area contributed by atoms with Crippen LogP contribution in [0.4, 0.5) is 0 Å². The largest absolute Gasteiger partial charge is 0.341 e. The summed E-state index contributed by atoms with van der Waals surface area (Å²) < 4.78 is 0. The van der Waals surface area contributed by atoms with Crippen molar-refractivity contribution >= 4 is 5.91 Å². The number of rotatable bonds is 3. The van der Waals surface area contributed by atoms with Crippen molar-refractivity contribution in [2.24, 2.45) is 5.92 Å². The van der Waals surface area contributed by atoms with E-state index < -0.39 is 0 Å². The van der Waals surface area contributed by atoms with Gasteiger partial charge in [-0.15, -0.1) is 0 Å². The van der Waals surface area contributed by atoms with Crippen LogP contribution in [0.5, 0.6) is 0 Å². The van der Waals surface area contributed by atoms with Crippen LogP contribution >= 0.6 is 0 Å². The summed E-state index contributed by atoms with van der Waals surface area (Å²) in [6.45, 7) is 11.6. The molecule has 0 aromatic rings. The van der Waals surface area contributed by atoms with Gasteiger partial charge >= 0.3 is 0 Å². The zero-order valence-corrected chi connectivity index (χ0v) is 11.3. The minimum absolute atomic E-state index is 0.340. The lowest BCUT2D eigenvalue weighted by Crippen LogP contribution is -2.58. The molecule has 0 aliphatic carbocycles.